The number of aliphatic hydroxyl groups is 1. The second-order valence-electron chi connectivity index (χ2n) is 9.56. The molecule has 19 heteroatoms. The van der Waals surface area contributed by atoms with Crippen molar-refractivity contribution in [3.05, 3.63) is 0 Å². The van der Waals surface area contributed by atoms with Gasteiger partial charge < -0.3 is 24.1 Å². The van der Waals surface area contributed by atoms with E-state index in [4.69, 9.17) is 0 Å². The van der Waals surface area contributed by atoms with Gasteiger partial charge in [0.05, 0.1) is 6.10 Å². The molecule has 1 fully saturated rings. The van der Waals surface area contributed by atoms with Crippen LogP contribution in [0.1, 0.15) is 47.0 Å². The van der Waals surface area contributed by atoms with Gasteiger partial charge in [0.1, 0.15) is 5.60 Å². The highest BCUT2D eigenvalue weighted by molar-refractivity contribution is 5.62. The minimum absolute atomic E-state index is 0.123. The lowest BCUT2D eigenvalue weighted by molar-refractivity contribution is -0.392. The molecule has 1 aliphatic carbocycles. The molecule has 0 saturated heterocycles. The van der Waals surface area contributed by atoms with Gasteiger partial charge in [0.2, 0.25) is 5.60 Å². The zero-order valence-electron chi connectivity index (χ0n) is 19.8. The van der Waals surface area contributed by atoms with Gasteiger partial charge in [-0.05, 0) is 47.0 Å². The molecule has 4 unspecified atom stereocenters. The number of alkyl halides is 12. The molecule has 0 spiro atoms. The van der Waals surface area contributed by atoms with Crippen molar-refractivity contribution in [1.29, 1.82) is 0 Å². The third kappa shape index (κ3) is 7.62. The lowest BCUT2D eigenvalue weighted by atomic mass is 9.66. The SMILES string of the molecule is CC(C)(C)OC(=O)OC(C1CC(O)CC(C(C)(OC(=O)OC(F)(F)F)C(F)(F)F)C1)(C(F)(F)F)C(F)(F)F. The quantitative estimate of drug-likeness (QED) is 0.293. The van der Waals surface area contributed by atoms with Gasteiger partial charge in [0, 0.05) is 11.8 Å². The Bertz CT molecular complexity index is 843. The van der Waals surface area contributed by atoms with Crippen molar-refractivity contribution in [1.82, 2.24) is 0 Å². The van der Waals surface area contributed by atoms with Gasteiger partial charge in [0.15, 0.2) is 0 Å². The Morgan fingerprint density at radius 2 is 1.03 bits per heavy atom. The molecule has 0 bridgehead atoms. The monoisotopic (exact) mass is 590 g/mol. The summed E-state index contributed by atoms with van der Waals surface area (Å²) in [5, 5.41) is 9.99. The first kappa shape index (κ1) is 33.7. The van der Waals surface area contributed by atoms with Crippen LogP contribution >= 0.6 is 0 Å². The topological polar surface area (TPSA) is 91.3 Å². The molecule has 1 N–H and O–H groups in total. The predicted octanol–water partition coefficient (Wildman–Crippen LogP) is 6.57. The summed E-state index contributed by atoms with van der Waals surface area (Å²) in [7, 11) is 0. The van der Waals surface area contributed by atoms with Crippen molar-refractivity contribution >= 4 is 12.3 Å². The third-order valence-electron chi connectivity index (χ3n) is 5.57. The van der Waals surface area contributed by atoms with Crippen LogP contribution in [0.4, 0.5) is 62.3 Å². The molecule has 224 valence electrons. The Morgan fingerprint density at radius 3 is 1.39 bits per heavy atom. The molecule has 0 amide bonds. The molecular weight excluding hydrogens is 568 g/mol. The van der Waals surface area contributed by atoms with E-state index in [-0.39, 0.29) is 6.92 Å². The van der Waals surface area contributed by atoms with E-state index in [2.05, 4.69) is 18.9 Å². The van der Waals surface area contributed by atoms with Crippen LogP contribution in [0.25, 0.3) is 0 Å². The predicted molar refractivity (Wildman–Crippen MR) is 97.1 cm³/mol. The standard InChI is InChI=1S/C19H22F12O7/c1-13(2,3)35-11(33)37-15(17(23,24)25,18(26,27)28)9-5-8(6-10(32)7-9)14(4,16(20,21)22)36-12(34)38-19(29,30)31/h8-10,32H,5-7H2,1-4H3. The van der Waals surface area contributed by atoms with Crippen LogP contribution in [0.5, 0.6) is 0 Å². The van der Waals surface area contributed by atoms with Crippen LogP contribution in [0, 0.1) is 11.8 Å². The summed E-state index contributed by atoms with van der Waals surface area (Å²) in [6.07, 6.45) is -37.4. The molecule has 0 aromatic heterocycles. The lowest BCUT2D eigenvalue weighted by Gasteiger charge is -2.48. The number of hydrogen-bond acceptors (Lipinski definition) is 7. The van der Waals surface area contributed by atoms with E-state index in [1.54, 1.807) is 0 Å². The lowest BCUT2D eigenvalue weighted by Crippen LogP contribution is -2.67. The summed E-state index contributed by atoms with van der Waals surface area (Å²) >= 11 is 0. The summed E-state index contributed by atoms with van der Waals surface area (Å²) < 4.78 is 177. The average molecular weight is 590 g/mol. The van der Waals surface area contributed by atoms with Gasteiger partial charge >= 0.3 is 42.8 Å². The minimum Gasteiger partial charge on any atom is -0.429 e. The maximum Gasteiger partial charge on any atom is 0.577 e. The molecule has 38 heavy (non-hydrogen) atoms. The maximum absolute atomic E-state index is 14.0. The van der Waals surface area contributed by atoms with Crippen molar-refractivity contribution in [2.45, 2.75) is 94.8 Å². The summed E-state index contributed by atoms with van der Waals surface area (Å²) in [6, 6.07) is 0. The van der Waals surface area contributed by atoms with Crippen molar-refractivity contribution in [3.63, 3.8) is 0 Å². The van der Waals surface area contributed by atoms with Crippen LogP contribution in [-0.2, 0) is 18.9 Å². The molecule has 1 aliphatic rings. The molecule has 1 saturated carbocycles. The molecule has 0 aromatic carbocycles. The number of ether oxygens (including phenoxy) is 4. The smallest absolute Gasteiger partial charge is 0.429 e. The van der Waals surface area contributed by atoms with Crippen molar-refractivity contribution in [2.75, 3.05) is 0 Å². The van der Waals surface area contributed by atoms with Crippen LogP contribution in [0.15, 0.2) is 0 Å². The molecule has 0 aromatic rings. The van der Waals surface area contributed by atoms with E-state index >= 15 is 0 Å². The summed E-state index contributed by atoms with van der Waals surface area (Å²) in [5.41, 5.74) is -11.4. The summed E-state index contributed by atoms with van der Waals surface area (Å²) in [6.45, 7) is 3.01. The zero-order valence-corrected chi connectivity index (χ0v) is 19.8. The van der Waals surface area contributed by atoms with E-state index in [9.17, 15) is 67.4 Å². The second-order valence-corrected chi connectivity index (χ2v) is 9.56. The highest BCUT2D eigenvalue weighted by Crippen LogP contribution is 2.57. The normalized spacial score (nSPS) is 23.8. The third-order valence-corrected chi connectivity index (χ3v) is 5.57. The summed E-state index contributed by atoms with van der Waals surface area (Å²) in [5.74, 6) is -5.91. The maximum atomic E-state index is 14.0. The Kier molecular flexibility index (Phi) is 9.16. The number of carbonyl (C=O) groups is 2. The Balaban J connectivity index is 3.66. The number of hydrogen-bond donors (Lipinski definition) is 1. The largest absolute Gasteiger partial charge is 0.577 e. The fourth-order valence-corrected chi connectivity index (χ4v) is 3.96. The van der Waals surface area contributed by atoms with Gasteiger partial charge in [-0.2, -0.15) is 39.5 Å². The minimum atomic E-state index is -6.56. The summed E-state index contributed by atoms with van der Waals surface area (Å²) in [4.78, 5) is 23.3. The first-order valence-electron chi connectivity index (χ1n) is 10.3. The molecule has 0 heterocycles. The average Bonchev–Trinajstić information content (AvgIpc) is 2.59. The van der Waals surface area contributed by atoms with Gasteiger partial charge in [-0.15, -0.1) is 13.2 Å². The van der Waals surface area contributed by atoms with Gasteiger partial charge in [-0.1, -0.05) is 0 Å². The number of aliphatic hydroxyl groups excluding tert-OH is 1. The van der Waals surface area contributed by atoms with Crippen molar-refractivity contribution in [2.24, 2.45) is 11.8 Å². The van der Waals surface area contributed by atoms with Crippen LogP contribution in [0.3, 0.4) is 0 Å². The molecular formula is C19H22F12O7. The zero-order chi connectivity index (χ0) is 30.3. The molecule has 7 nitrogen and oxygen atoms in total. The van der Waals surface area contributed by atoms with Gasteiger partial charge in [-0.3, -0.25) is 0 Å². The van der Waals surface area contributed by atoms with Gasteiger partial charge in [0.25, 0.3) is 0 Å². The van der Waals surface area contributed by atoms with Crippen LogP contribution in [-0.4, -0.2) is 65.2 Å². The highest BCUT2D eigenvalue weighted by Gasteiger charge is 2.79. The second kappa shape index (κ2) is 10.3. The van der Waals surface area contributed by atoms with Crippen molar-refractivity contribution in [3.8, 4) is 0 Å². The van der Waals surface area contributed by atoms with E-state index in [1.807, 2.05) is 0 Å². The van der Waals surface area contributed by atoms with E-state index in [0.717, 1.165) is 20.8 Å². The van der Waals surface area contributed by atoms with E-state index in [0.29, 0.717) is 0 Å². The molecule has 0 radical (unpaired) electrons. The molecule has 1 rings (SSSR count). The first-order chi connectivity index (χ1) is 16.6. The number of rotatable bonds is 4. The molecule has 0 aliphatic heterocycles. The van der Waals surface area contributed by atoms with Crippen LogP contribution < -0.4 is 0 Å². The Labute approximate surface area is 206 Å². The first-order valence-corrected chi connectivity index (χ1v) is 10.3. The number of carbonyl (C=O) groups excluding carboxylic acids is 2. The number of halogens is 12. The Morgan fingerprint density at radius 1 is 0.605 bits per heavy atom. The fourth-order valence-electron chi connectivity index (χ4n) is 3.96. The van der Waals surface area contributed by atoms with Gasteiger partial charge in [-0.25, -0.2) is 9.59 Å². The highest BCUT2D eigenvalue weighted by atomic mass is 19.4. The Hall–Kier alpha value is -2.34. The van der Waals surface area contributed by atoms with E-state index in [1.165, 1.54) is 0 Å². The fraction of sp³-hybridized carbons (Fsp3) is 0.895. The van der Waals surface area contributed by atoms with Crippen LogP contribution in [0.2, 0.25) is 0 Å². The van der Waals surface area contributed by atoms with Crippen molar-refractivity contribution < 1.29 is 86.3 Å². The van der Waals surface area contributed by atoms with E-state index < -0.39 is 91.2 Å². The molecule has 4 atom stereocenters.